The molecule has 0 radical (unpaired) electrons. The summed E-state index contributed by atoms with van der Waals surface area (Å²) in [6.07, 6.45) is 0. The fourth-order valence-electron chi connectivity index (χ4n) is 4.13. The minimum Gasteiger partial charge on any atom is -0.392 e. The highest BCUT2D eigenvalue weighted by molar-refractivity contribution is 6.07. The van der Waals surface area contributed by atoms with Gasteiger partial charge in [0.15, 0.2) is 0 Å². The standard InChI is InChI=1S/C21H19N3O3/c22-10-18-19-16(12-23(18)17-9-5-4-8-15(17)13-25)20(26)24(21(19)27)11-14-6-2-1-3-7-14/h1-9,16,18-19,25H,11-13H2/t16-,18+,19-/m1/s1. The van der Waals surface area contributed by atoms with Crippen LogP contribution in [0.3, 0.4) is 0 Å². The molecule has 2 saturated heterocycles. The van der Waals surface area contributed by atoms with E-state index in [4.69, 9.17) is 0 Å². The Labute approximate surface area is 157 Å². The summed E-state index contributed by atoms with van der Waals surface area (Å²) in [6, 6.07) is 18.1. The third-order valence-corrected chi connectivity index (χ3v) is 5.42. The predicted octanol–water partition coefficient (Wildman–Crippen LogP) is 1.69. The Kier molecular flexibility index (Phi) is 4.38. The van der Waals surface area contributed by atoms with Crippen LogP contribution in [0.15, 0.2) is 54.6 Å². The van der Waals surface area contributed by atoms with E-state index < -0.39 is 17.9 Å². The zero-order valence-corrected chi connectivity index (χ0v) is 14.7. The molecule has 0 aromatic heterocycles. The third-order valence-electron chi connectivity index (χ3n) is 5.42. The maximum Gasteiger partial charge on any atom is 0.236 e. The Balaban J connectivity index is 1.63. The number of amides is 2. The molecule has 2 aromatic rings. The molecule has 2 amide bonds. The van der Waals surface area contributed by atoms with Crippen molar-refractivity contribution in [3.63, 3.8) is 0 Å². The van der Waals surface area contributed by atoms with E-state index in [1.54, 1.807) is 11.0 Å². The van der Waals surface area contributed by atoms with Gasteiger partial charge in [-0.15, -0.1) is 0 Å². The van der Waals surface area contributed by atoms with Crippen LogP contribution >= 0.6 is 0 Å². The van der Waals surface area contributed by atoms with Crippen molar-refractivity contribution >= 4 is 17.5 Å². The van der Waals surface area contributed by atoms with Gasteiger partial charge in [-0.1, -0.05) is 48.5 Å². The summed E-state index contributed by atoms with van der Waals surface area (Å²) < 4.78 is 0. The Bertz CT molecular complexity index is 922. The number of likely N-dealkylation sites (tertiary alicyclic amines) is 1. The molecular weight excluding hydrogens is 342 g/mol. The van der Waals surface area contributed by atoms with Gasteiger partial charge in [-0.25, -0.2) is 0 Å². The highest BCUT2D eigenvalue weighted by atomic mass is 16.3. The van der Waals surface area contributed by atoms with Crippen molar-refractivity contribution in [3.8, 4) is 6.07 Å². The summed E-state index contributed by atoms with van der Waals surface area (Å²) in [4.78, 5) is 29.0. The van der Waals surface area contributed by atoms with Gasteiger partial charge in [0.2, 0.25) is 11.8 Å². The van der Waals surface area contributed by atoms with Crippen molar-refractivity contribution in [2.45, 2.75) is 19.2 Å². The summed E-state index contributed by atoms with van der Waals surface area (Å²) in [5.74, 6) is -1.71. The molecule has 136 valence electrons. The van der Waals surface area contributed by atoms with Crippen molar-refractivity contribution in [3.05, 3.63) is 65.7 Å². The van der Waals surface area contributed by atoms with Crippen LogP contribution in [0.5, 0.6) is 0 Å². The van der Waals surface area contributed by atoms with Crippen molar-refractivity contribution in [2.75, 3.05) is 11.4 Å². The first-order valence-corrected chi connectivity index (χ1v) is 8.90. The van der Waals surface area contributed by atoms with E-state index in [9.17, 15) is 20.0 Å². The van der Waals surface area contributed by atoms with Crippen LogP contribution in [0.2, 0.25) is 0 Å². The van der Waals surface area contributed by atoms with E-state index in [0.717, 1.165) is 5.56 Å². The number of carbonyl (C=O) groups excluding carboxylic acids is 2. The van der Waals surface area contributed by atoms with Crippen LogP contribution in [0.25, 0.3) is 0 Å². The first-order valence-electron chi connectivity index (χ1n) is 8.90. The summed E-state index contributed by atoms with van der Waals surface area (Å²) in [6.45, 7) is 0.370. The van der Waals surface area contributed by atoms with E-state index >= 15 is 0 Å². The number of imide groups is 1. The molecule has 0 aliphatic carbocycles. The van der Waals surface area contributed by atoms with Gasteiger partial charge in [0.25, 0.3) is 0 Å². The molecule has 27 heavy (non-hydrogen) atoms. The average molecular weight is 361 g/mol. The van der Waals surface area contributed by atoms with Crippen LogP contribution in [0, 0.1) is 23.2 Å². The van der Waals surface area contributed by atoms with E-state index in [2.05, 4.69) is 6.07 Å². The van der Waals surface area contributed by atoms with Crippen molar-refractivity contribution in [2.24, 2.45) is 11.8 Å². The quantitative estimate of drug-likeness (QED) is 0.838. The minimum atomic E-state index is -0.722. The van der Waals surface area contributed by atoms with Gasteiger partial charge in [0.05, 0.1) is 31.1 Å². The molecule has 2 heterocycles. The van der Waals surface area contributed by atoms with Gasteiger partial charge in [0, 0.05) is 17.8 Å². The minimum absolute atomic E-state index is 0.165. The number of hydrogen-bond donors (Lipinski definition) is 1. The normalized spacial score (nSPS) is 24.2. The maximum atomic E-state index is 13.0. The van der Waals surface area contributed by atoms with Crippen molar-refractivity contribution in [1.82, 2.24) is 4.90 Å². The lowest BCUT2D eigenvalue weighted by atomic mass is 9.94. The fraction of sp³-hybridized carbons (Fsp3) is 0.286. The zero-order chi connectivity index (χ0) is 19.0. The van der Waals surface area contributed by atoms with Crippen molar-refractivity contribution < 1.29 is 14.7 Å². The Morgan fingerprint density at radius 3 is 2.44 bits per heavy atom. The molecule has 4 rings (SSSR count). The zero-order valence-electron chi connectivity index (χ0n) is 14.7. The van der Waals surface area contributed by atoms with Gasteiger partial charge in [-0.3, -0.25) is 14.5 Å². The molecule has 0 bridgehead atoms. The molecular formula is C21H19N3O3. The van der Waals surface area contributed by atoms with E-state index in [0.29, 0.717) is 17.8 Å². The second kappa shape index (κ2) is 6.86. The summed E-state index contributed by atoms with van der Waals surface area (Å²) >= 11 is 0. The topological polar surface area (TPSA) is 84.6 Å². The van der Waals surface area contributed by atoms with Crippen LogP contribution in [0.1, 0.15) is 11.1 Å². The summed E-state index contributed by atoms with van der Waals surface area (Å²) in [7, 11) is 0. The predicted molar refractivity (Wildman–Crippen MR) is 98.1 cm³/mol. The van der Waals surface area contributed by atoms with Crippen LogP contribution in [-0.4, -0.2) is 34.4 Å². The van der Waals surface area contributed by atoms with Gasteiger partial charge in [-0.2, -0.15) is 5.26 Å². The number of fused-ring (bicyclic) bond motifs is 1. The third kappa shape index (κ3) is 2.77. The molecule has 2 fully saturated rings. The van der Waals surface area contributed by atoms with Gasteiger partial charge in [0.1, 0.15) is 6.04 Å². The number of para-hydroxylation sites is 1. The number of nitrogens with zero attached hydrogens (tertiary/aromatic N) is 3. The summed E-state index contributed by atoms with van der Waals surface area (Å²) in [5, 5.41) is 19.4. The fourth-order valence-corrected chi connectivity index (χ4v) is 4.13. The molecule has 2 aromatic carbocycles. The molecule has 0 saturated carbocycles. The van der Waals surface area contributed by atoms with Crippen molar-refractivity contribution in [1.29, 1.82) is 5.26 Å². The van der Waals surface area contributed by atoms with Gasteiger partial charge >= 0.3 is 0 Å². The molecule has 6 heteroatoms. The van der Waals surface area contributed by atoms with E-state index in [-0.39, 0.29) is 25.0 Å². The molecule has 6 nitrogen and oxygen atoms in total. The number of rotatable bonds is 4. The Hall–Kier alpha value is -3.17. The molecule has 2 aliphatic heterocycles. The Morgan fingerprint density at radius 1 is 1.04 bits per heavy atom. The lowest BCUT2D eigenvalue weighted by Gasteiger charge is -2.27. The smallest absolute Gasteiger partial charge is 0.236 e. The largest absolute Gasteiger partial charge is 0.392 e. The summed E-state index contributed by atoms with van der Waals surface area (Å²) in [5.41, 5.74) is 2.27. The van der Waals surface area contributed by atoms with Crippen LogP contribution in [-0.2, 0) is 22.7 Å². The number of benzene rings is 2. The number of aliphatic hydroxyl groups excluding tert-OH is 1. The first kappa shape index (κ1) is 17.3. The lowest BCUT2D eigenvalue weighted by molar-refractivity contribution is -0.140. The second-order valence-electron chi connectivity index (χ2n) is 6.89. The van der Waals surface area contributed by atoms with Crippen LogP contribution < -0.4 is 4.90 Å². The number of anilines is 1. The molecule has 2 aliphatic rings. The van der Waals surface area contributed by atoms with Crippen LogP contribution in [0.4, 0.5) is 5.69 Å². The highest BCUT2D eigenvalue weighted by Crippen LogP contribution is 2.41. The first-order chi connectivity index (χ1) is 13.2. The SMILES string of the molecule is N#C[C@H]1[C@@H]2C(=O)N(Cc3ccccc3)C(=O)[C@@H]2CN1c1ccccc1CO. The number of aliphatic hydroxyl groups is 1. The monoisotopic (exact) mass is 361 g/mol. The average Bonchev–Trinajstić information content (AvgIpc) is 3.20. The number of hydrogen-bond acceptors (Lipinski definition) is 5. The number of nitriles is 1. The Morgan fingerprint density at radius 2 is 1.74 bits per heavy atom. The van der Waals surface area contributed by atoms with E-state index in [1.807, 2.05) is 48.5 Å². The molecule has 0 spiro atoms. The second-order valence-corrected chi connectivity index (χ2v) is 6.89. The van der Waals surface area contributed by atoms with Gasteiger partial charge in [-0.05, 0) is 11.6 Å². The number of carbonyl (C=O) groups is 2. The lowest BCUT2D eigenvalue weighted by Crippen LogP contribution is -2.40. The van der Waals surface area contributed by atoms with Gasteiger partial charge < -0.3 is 10.0 Å². The van der Waals surface area contributed by atoms with E-state index in [1.165, 1.54) is 4.90 Å². The molecule has 1 N–H and O–H groups in total. The molecule has 3 atom stereocenters. The molecule has 0 unspecified atom stereocenters. The highest BCUT2D eigenvalue weighted by Gasteiger charge is 2.57. The maximum absolute atomic E-state index is 13.0.